The molecule has 0 spiro atoms. The van der Waals surface area contributed by atoms with Gasteiger partial charge in [0, 0.05) is 24.8 Å². The summed E-state index contributed by atoms with van der Waals surface area (Å²) in [7, 11) is 3.27. The number of nitrogens with two attached hydrogens (primary N) is 1. The van der Waals surface area contributed by atoms with Gasteiger partial charge in [0.15, 0.2) is 0 Å². The number of nitrogen functional groups attached to an aromatic ring is 1. The van der Waals surface area contributed by atoms with E-state index in [4.69, 9.17) is 10.5 Å². The van der Waals surface area contributed by atoms with Crippen LogP contribution in [-0.4, -0.2) is 30.1 Å². The summed E-state index contributed by atoms with van der Waals surface area (Å²) in [5.74, 6) is 0.480. The van der Waals surface area contributed by atoms with Gasteiger partial charge in [-0.2, -0.15) is 0 Å². The molecule has 1 amide bonds. The Morgan fingerprint density at radius 1 is 1.29 bits per heavy atom. The van der Waals surface area contributed by atoms with E-state index in [1.165, 1.54) is 23.1 Å². The first-order chi connectivity index (χ1) is 10.0. The molecule has 2 aromatic rings. The molecule has 0 bridgehead atoms. The molecule has 5 nitrogen and oxygen atoms in total. The molecule has 0 saturated heterocycles. The highest BCUT2D eigenvalue weighted by Crippen LogP contribution is 2.23. The van der Waals surface area contributed by atoms with Crippen molar-refractivity contribution in [2.24, 2.45) is 0 Å². The zero-order valence-corrected chi connectivity index (χ0v) is 12.0. The van der Waals surface area contributed by atoms with Gasteiger partial charge in [0.2, 0.25) is 0 Å². The summed E-state index contributed by atoms with van der Waals surface area (Å²) in [6, 6.07) is 11.8. The third-order valence-electron chi connectivity index (χ3n) is 3.21. The molecule has 0 atom stereocenters. The Morgan fingerprint density at radius 3 is 2.71 bits per heavy atom. The maximum Gasteiger partial charge on any atom is 0.256 e. The number of phenolic OH excluding ortho intramolecular Hbond substituents is 1. The van der Waals surface area contributed by atoms with E-state index < -0.39 is 0 Å². The number of benzene rings is 2. The van der Waals surface area contributed by atoms with E-state index >= 15 is 0 Å². The number of carbonyl (C=O) groups excluding carboxylic acids is 1. The normalized spacial score (nSPS) is 10.2. The number of phenols is 1. The number of hydrogen-bond acceptors (Lipinski definition) is 4. The minimum Gasteiger partial charge on any atom is -0.508 e. The second-order valence-electron chi connectivity index (χ2n) is 4.74. The summed E-state index contributed by atoms with van der Waals surface area (Å²) in [5, 5.41) is 9.49. The van der Waals surface area contributed by atoms with E-state index in [9.17, 15) is 9.90 Å². The van der Waals surface area contributed by atoms with E-state index in [1.54, 1.807) is 14.2 Å². The van der Waals surface area contributed by atoms with Crippen LogP contribution in [0.2, 0.25) is 0 Å². The molecular formula is C16H18N2O3. The number of carbonyl (C=O) groups is 1. The van der Waals surface area contributed by atoms with Gasteiger partial charge in [0.1, 0.15) is 11.5 Å². The van der Waals surface area contributed by atoms with Gasteiger partial charge in [-0.25, -0.2) is 0 Å². The number of aromatic hydroxyl groups is 1. The summed E-state index contributed by atoms with van der Waals surface area (Å²) in [4.78, 5) is 13.9. The Morgan fingerprint density at radius 2 is 2.00 bits per heavy atom. The topological polar surface area (TPSA) is 75.8 Å². The third kappa shape index (κ3) is 3.25. The zero-order chi connectivity index (χ0) is 15.4. The van der Waals surface area contributed by atoms with Crippen molar-refractivity contribution in [2.45, 2.75) is 6.54 Å². The first-order valence-corrected chi connectivity index (χ1v) is 6.48. The minimum absolute atomic E-state index is 0.0123. The van der Waals surface area contributed by atoms with Crippen molar-refractivity contribution >= 4 is 11.6 Å². The van der Waals surface area contributed by atoms with Crippen molar-refractivity contribution in [1.29, 1.82) is 0 Å². The highest BCUT2D eigenvalue weighted by molar-refractivity contribution is 5.99. The Kier molecular flexibility index (Phi) is 4.33. The van der Waals surface area contributed by atoms with Gasteiger partial charge in [-0.05, 0) is 24.3 Å². The van der Waals surface area contributed by atoms with Crippen LogP contribution in [0.4, 0.5) is 5.69 Å². The zero-order valence-electron chi connectivity index (χ0n) is 12.0. The largest absolute Gasteiger partial charge is 0.508 e. The standard InChI is InChI=1S/C16H18N2O3/c1-18(10-11-5-3-4-6-15(11)21-2)16(20)13-9-12(19)7-8-14(13)17/h3-9,19H,10,17H2,1-2H3. The van der Waals surface area contributed by atoms with Crippen LogP contribution in [0, 0.1) is 0 Å². The predicted molar refractivity (Wildman–Crippen MR) is 81.3 cm³/mol. The lowest BCUT2D eigenvalue weighted by Crippen LogP contribution is -2.27. The lowest BCUT2D eigenvalue weighted by atomic mass is 10.1. The average Bonchev–Trinajstić information content (AvgIpc) is 2.49. The number of nitrogens with zero attached hydrogens (tertiary/aromatic N) is 1. The van der Waals surface area contributed by atoms with E-state index in [1.807, 2.05) is 24.3 Å². The maximum atomic E-state index is 12.4. The van der Waals surface area contributed by atoms with Crippen LogP contribution in [-0.2, 0) is 6.54 Å². The van der Waals surface area contributed by atoms with Gasteiger partial charge >= 0.3 is 0 Å². The van der Waals surface area contributed by atoms with Gasteiger partial charge in [-0.3, -0.25) is 4.79 Å². The second kappa shape index (κ2) is 6.17. The Bertz CT molecular complexity index is 656. The van der Waals surface area contributed by atoms with Crippen LogP contribution in [0.25, 0.3) is 0 Å². The first kappa shape index (κ1) is 14.7. The van der Waals surface area contributed by atoms with Gasteiger partial charge < -0.3 is 20.5 Å². The molecule has 0 aromatic heterocycles. The van der Waals surface area contributed by atoms with Gasteiger partial charge in [-0.1, -0.05) is 18.2 Å². The van der Waals surface area contributed by atoms with Crippen LogP contribution in [0.5, 0.6) is 11.5 Å². The highest BCUT2D eigenvalue weighted by Gasteiger charge is 2.16. The molecule has 5 heteroatoms. The fourth-order valence-electron chi connectivity index (χ4n) is 2.10. The minimum atomic E-state index is -0.255. The van der Waals surface area contributed by atoms with Gasteiger partial charge in [-0.15, -0.1) is 0 Å². The Hall–Kier alpha value is -2.69. The summed E-state index contributed by atoms with van der Waals surface area (Å²) in [6.07, 6.45) is 0. The van der Waals surface area contributed by atoms with Crippen LogP contribution in [0.15, 0.2) is 42.5 Å². The number of ether oxygens (including phenoxy) is 1. The average molecular weight is 286 g/mol. The van der Waals surface area contributed by atoms with Crippen LogP contribution in [0.3, 0.4) is 0 Å². The van der Waals surface area contributed by atoms with E-state index in [2.05, 4.69) is 0 Å². The van der Waals surface area contributed by atoms with E-state index in [0.717, 1.165) is 11.3 Å². The molecular weight excluding hydrogens is 268 g/mol. The number of para-hydroxylation sites is 1. The number of anilines is 1. The molecule has 2 aromatic carbocycles. The second-order valence-corrected chi connectivity index (χ2v) is 4.74. The fourth-order valence-corrected chi connectivity index (χ4v) is 2.10. The molecule has 0 aliphatic carbocycles. The summed E-state index contributed by atoms with van der Waals surface area (Å²) < 4.78 is 5.27. The number of methoxy groups -OCH3 is 1. The number of rotatable bonds is 4. The number of amides is 1. The molecule has 0 unspecified atom stereocenters. The first-order valence-electron chi connectivity index (χ1n) is 6.48. The van der Waals surface area contributed by atoms with Crippen molar-refractivity contribution in [1.82, 2.24) is 4.90 Å². The fraction of sp³-hybridized carbons (Fsp3) is 0.188. The summed E-state index contributed by atoms with van der Waals surface area (Å²) >= 11 is 0. The molecule has 0 heterocycles. The van der Waals surface area contributed by atoms with E-state index in [0.29, 0.717) is 12.2 Å². The van der Waals surface area contributed by atoms with Crippen molar-refractivity contribution < 1.29 is 14.6 Å². The third-order valence-corrected chi connectivity index (χ3v) is 3.21. The van der Waals surface area contributed by atoms with Crippen molar-refractivity contribution in [2.75, 3.05) is 19.9 Å². The molecule has 2 rings (SSSR count). The van der Waals surface area contributed by atoms with E-state index in [-0.39, 0.29) is 17.2 Å². The molecule has 0 aliphatic heterocycles. The van der Waals surface area contributed by atoms with Crippen LogP contribution in [0.1, 0.15) is 15.9 Å². The van der Waals surface area contributed by atoms with Crippen molar-refractivity contribution in [3.63, 3.8) is 0 Å². The lowest BCUT2D eigenvalue weighted by Gasteiger charge is -2.19. The summed E-state index contributed by atoms with van der Waals surface area (Å²) in [5.41, 5.74) is 7.31. The molecule has 110 valence electrons. The monoisotopic (exact) mass is 286 g/mol. The SMILES string of the molecule is COc1ccccc1CN(C)C(=O)c1cc(O)ccc1N. The summed E-state index contributed by atoms with van der Waals surface area (Å²) in [6.45, 7) is 0.387. The Balaban J connectivity index is 2.22. The van der Waals surface area contributed by atoms with Gasteiger partial charge in [0.05, 0.1) is 12.7 Å². The molecule has 3 N–H and O–H groups in total. The van der Waals surface area contributed by atoms with Crippen LogP contribution < -0.4 is 10.5 Å². The van der Waals surface area contributed by atoms with Crippen LogP contribution >= 0.6 is 0 Å². The molecule has 0 saturated carbocycles. The molecule has 0 aliphatic rings. The predicted octanol–water partition coefficient (Wildman–Crippen LogP) is 2.26. The molecule has 0 fully saturated rings. The maximum absolute atomic E-state index is 12.4. The van der Waals surface area contributed by atoms with Crippen molar-refractivity contribution in [3.05, 3.63) is 53.6 Å². The quantitative estimate of drug-likeness (QED) is 0.667. The smallest absolute Gasteiger partial charge is 0.256 e. The number of hydrogen-bond donors (Lipinski definition) is 2. The highest BCUT2D eigenvalue weighted by atomic mass is 16.5. The molecule has 0 radical (unpaired) electrons. The van der Waals surface area contributed by atoms with Gasteiger partial charge in [0.25, 0.3) is 5.91 Å². The Labute approximate surface area is 123 Å². The lowest BCUT2D eigenvalue weighted by molar-refractivity contribution is 0.0785. The van der Waals surface area contributed by atoms with Crippen molar-refractivity contribution in [3.8, 4) is 11.5 Å². The molecule has 21 heavy (non-hydrogen) atoms.